The van der Waals surface area contributed by atoms with Crippen molar-refractivity contribution in [2.45, 2.75) is 4.90 Å². The van der Waals surface area contributed by atoms with Crippen LogP contribution in [0.3, 0.4) is 0 Å². The summed E-state index contributed by atoms with van der Waals surface area (Å²) in [6.45, 7) is 0. The fraction of sp³-hybridized carbons (Fsp3) is 0.100. The van der Waals surface area contributed by atoms with Gasteiger partial charge in [0.05, 0.1) is 22.3 Å². The zero-order chi connectivity index (χ0) is 21.5. The number of benzene rings is 3. The van der Waals surface area contributed by atoms with Gasteiger partial charge < -0.3 is 0 Å². The van der Waals surface area contributed by atoms with Crippen LogP contribution in [-0.4, -0.2) is 37.9 Å². The largest absolute Gasteiger partial charge is 0.298 e. The molecule has 7 nitrogen and oxygen atoms in total. The van der Waals surface area contributed by atoms with E-state index < -0.39 is 15.9 Å². The molecule has 1 amide bonds. The Labute approximate surface area is 181 Å². The molecular formula is C20H16ClN3O4S2. The van der Waals surface area contributed by atoms with Gasteiger partial charge in [-0.1, -0.05) is 57.7 Å². The number of anilines is 1. The maximum Gasteiger partial charge on any atom is 0.266 e. The molecule has 0 atom stereocenters. The molecule has 0 aliphatic heterocycles. The van der Waals surface area contributed by atoms with Crippen LogP contribution in [0, 0.1) is 0 Å². The molecule has 0 unspecified atom stereocenters. The summed E-state index contributed by atoms with van der Waals surface area (Å²) in [5.41, 5.74) is 0.932. The summed E-state index contributed by atoms with van der Waals surface area (Å²) in [5.74, 6) is -0.494. The molecular weight excluding hydrogens is 446 g/mol. The second-order valence-corrected chi connectivity index (χ2v) is 9.69. The molecule has 1 N–H and O–H groups in total. The van der Waals surface area contributed by atoms with Gasteiger partial charge in [0.25, 0.3) is 15.9 Å². The SMILES string of the molecule is CON(C)S(=O)(=O)c1cc(C(=O)Nc2nc3c(ccc4ccccc43)s2)ccc1Cl. The van der Waals surface area contributed by atoms with E-state index >= 15 is 0 Å². The minimum atomic E-state index is -4.01. The number of hydrogen-bond donors (Lipinski definition) is 1. The van der Waals surface area contributed by atoms with Crippen LogP contribution in [0.2, 0.25) is 5.02 Å². The van der Waals surface area contributed by atoms with Gasteiger partial charge in [0.1, 0.15) is 4.90 Å². The Kier molecular flexibility index (Phi) is 5.48. The molecule has 0 aliphatic carbocycles. The fourth-order valence-electron chi connectivity index (χ4n) is 2.96. The molecule has 30 heavy (non-hydrogen) atoms. The van der Waals surface area contributed by atoms with Crippen LogP contribution in [0.15, 0.2) is 59.5 Å². The Bertz CT molecular complexity index is 1390. The van der Waals surface area contributed by atoms with E-state index in [0.29, 0.717) is 9.60 Å². The van der Waals surface area contributed by atoms with Crippen LogP contribution in [0.25, 0.3) is 21.0 Å². The molecule has 0 saturated heterocycles. The summed E-state index contributed by atoms with van der Waals surface area (Å²) in [6, 6.07) is 15.9. The molecule has 0 radical (unpaired) electrons. The highest BCUT2D eigenvalue weighted by Crippen LogP contribution is 2.32. The zero-order valence-corrected chi connectivity index (χ0v) is 18.3. The Balaban J connectivity index is 1.68. The van der Waals surface area contributed by atoms with E-state index in [4.69, 9.17) is 16.4 Å². The van der Waals surface area contributed by atoms with Gasteiger partial charge in [-0.15, -0.1) is 0 Å². The third-order valence-electron chi connectivity index (χ3n) is 4.57. The number of nitrogens with one attached hydrogen (secondary N) is 1. The number of carbonyl (C=O) groups excluding carboxylic acids is 1. The Morgan fingerprint density at radius 2 is 1.93 bits per heavy atom. The molecule has 0 bridgehead atoms. The van der Waals surface area contributed by atoms with Crippen molar-refractivity contribution in [3.05, 3.63) is 65.2 Å². The van der Waals surface area contributed by atoms with Gasteiger partial charge in [0.15, 0.2) is 5.13 Å². The van der Waals surface area contributed by atoms with Gasteiger partial charge in [0, 0.05) is 18.0 Å². The highest BCUT2D eigenvalue weighted by molar-refractivity contribution is 7.89. The molecule has 154 valence electrons. The summed E-state index contributed by atoms with van der Waals surface area (Å²) >= 11 is 7.39. The van der Waals surface area contributed by atoms with E-state index in [2.05, 4.69) is 10.3 Å². The molecule has 0 aliphatic rings. The van der Waals surface area contributed by atoms with Crippen LogP contribution in [0.4, 0.5) is 5.13 Å². The fourth-order valence-corrected chi connectivity index (χ4v) is 5.31. The van der Waals surface area contributed by atoms with E-state index in [0.717, 1.165) is 21.0 Å². The third kappa shape index (κ3) is 3.66. The number of carbonyl (C=O) groups is 1. The second kappa shape index (κ2) is 7.93. The monoisotopic (exact) mass is 461 g/mol. The summed E-state index contributed by atoms with van der Waals surface area (Å²) < 4.78 is 26.7. The number of sulfonamides is 1. The molecule has 4 aromatic rings. The van der Waals surface area contributed by atoms with E-state index in [1.54, 1.807) is 0 Å². The third-order valence-corrected chi connectivity index (χ3v) is 7.67. The maximum atomic E-state index is 12.8. The van der Waals surface area contributed by atoms with Crippen LogP contribution in [0.5, 0.6) is 0 Å². The van der Waals surface area contributed by atoms with Gasteiger partial charge in [-0.3, -0.25) is 14.9 Å². The highest BCUT2D eigenvalue weighted by Gasteiger charge is 2.25. The van der Waals surface area contributed by atoms with Gasteiger partial charge in [-0.25, -0.2) is 13.4 Å². The minimum Gasteiger partial charge on any atom is -0.298 e. The highest BCUT2D eigenvalue weighted by atomic mass is 35.5. The van der Waals surface area contributed by atoms with Crippen LogP contribution < -0.4 is 5.32 Å². The first-order valence-electron chi connectivity index (χ1n) is 8.73. The lowest BCUT2D eigenvalue weighted by atomic mass is 10.1. The van der Waals surface area contributed by atoms with E-state index in [1.165, 1.54) is 43.7 Å². The lowest BCUT2D eigenvalue weighted by Gasteiger charge is -2.15. The van der Waals surface area contributed by atoms with Crippen LogP contribution in [-0.2, 0) is 14.9 Å². The minimum absolute atomic E-state index is 0.0121. The Hall–Kier alpha value is -2.56. The van der Waals surface area contributed by atoms with Gasteiger partial charge in [-0.05, 0) is 29.7 Å². The molecule has 10 heteroatoms. The van der Waals surface area contributed by atoms with Crippen molar-refractivity contribution in [3.8, 4) is 0 Å². The predicted molar refractivity (Wildman–Crippen MR) is 118 cm³/mol. The standard InChI is InChI=1S/C20H16ClN3O4S2/c1-24(28-2)30(26,27)17-11-13(7-9-15(17)21)19(25)23-20-22-18-14-6-4-3-5-12(14)8-10-16(18)29-20/h3-11H,1-2H3,(H,22,23,25). The number of fused-ring (bicyclic) bond motifs is 3. The topological polar surface area (TPSA) is 88.6 Å². The first kappa shape index (κ1) is 20.7. The number of halogens is 1. The van der Waals surface area contributed by atoms with Crippen molar-refractivity contribution in [2.24, 2.45) is 0 Å². The average Bonchev–Trinajstić information content (AvgIpc) is 3.16. The number of hydrogen-bond acceptors (Lipinski definition) is 6. The molecule has 3 aromatic carbocycles. The first-order chi connectivity index (χ1) is 14.3. The van der Waals surface area contributed by atoms with E-state index in [-0.39, 0.29) is 15.5 Å². The number of amides is 1. The van der Waals surface area contributed by atoms with Gasteiger partial charge in [-0.2, -0.15) is 0 Å². The number of hydroxylamine groups is 1. The van der Waals surface area contributed by atoms with Crippen molar-refractivity contribution in [3.63, 3.8) is 0 Å². The van der Waals surface area contributed by atoms with Crippen LogP contribution >= 0.6 is 22.9 Å². The smallest absolute Gasteiger partial charge is 0.266 e. The van der Waals surface area contributed by atoms with Crippen molar-refractivity contribution in [1.29, 1.82) is 0 Å². The normalized spacial score (nSPS) is 12.0. The van der Waals surface area contributed by atoms with E-state index in [9.17, 15) is 13.2 Å². The summed E-state index contributed by atoms with van der Waals surface area (Å²) in [4.78, 5) is 21.8. The molecule has 1 aromatic heterocycles. The molecule has 1 heterocycles. The summed E-state index contributed by atoms with van der Waals surface area (Å²) in [7, 11) is -1.55. The van der Waals surface area contributed by atoms with Gasteiger partial charge in [0.2, 0.25) is 0 Å². The molecule has 0 fully saturated rings. The Morgan fingerprint density at radius 3 is 2.70 bits per heavy atom. The van der Waals surface area contributed by atoms with Crippen molar-refractivity contribution >= 4 is 65.0 Å². The number of nitrogens with zero attached hydrogens (tertiary/aromatic N) is 2. The summed E-state index contributed by atoms with van der Waals surface area (Å²) in [5, 5.41) is 5.20. The van der Waals surface area contributed by atoms with Crippen LogP contribution in [0.1, 0.15) is 10.4 Å². The lowest BCUT2D eigenvalue weighted by Crippen LogP contribution is -2.26. The maximum absolute atomic E-state index is 12.8. The van der Waals surface area contributed by atoms with E-state index in [1.807, 2.05) is 36.4 Å². The van der Waals surface area contributed by atoms with Crippen molar-refractivity contribution in [2.75, 3.05) is 19.5 Å². The lowest BCUT2D eigenvalue weighted by molar-refractivity contribution is -0.0258. The predicted octanol–water partition coefficient (Wildman–Crippen LogP) is 4.54. The molecule has 4 rings (SSSR count). The average molecular weight is 462 g/mol. The quantitative estimate of drug-likeness (QED) is 0.441. The van der Waals surface area contributed by atoms with Crippen molar-refractivity contribution < 1.29 is 18.0 Å². The Morgan fingerprint density at radius 1 is 1.17 bits per heavy atom. The zero-order valence-electron chi connectivity index (χ0n) is 15.9. The number of rotatable bonds is 5. The van der Waals surface area contributed by atoms with Crippen molar-refractivity contribution in [1.82, 2.24) is 9.45 Å². The summed E-state index contributed by atoms with van der Waals surface area (Å²) in [6.07, 6.45) is 0. The first-order valence-corrected chi connectivity index (χ1v) is 11.4. The van der Waals surface area contributed by atoms with Gasteiger partial charge >= 0.3 is 0 Å². The number of thiazole rings is 1. The number of aromatic nitrogens is 1. The molecule has 0 saturated carbocycles. The second-order valence-electron chi connectivity index (χ2n) is 6.35. The molecule has 0 spiro atoms.